The maximum atomic E-state index is 13.5. The first-order valence-electron chi connectivity index (χ1n) is 9.27. The van der Waals surface area contributed by atoms with E-state index in [1.807, 2.05) is 5.32 Å². The van der Waals surface area contributed by atoms with Crippen LogP contribution in [0, 0.1) is 11.7 Å². The largest absolute Gasteiger partial charge is 0.481 e. The van der Waals surface area contributed by atoms with Crippen LogP contribution < -0.4 is 5.32 Å². The molecule has 0 saturated heterocycles. The van der Waals surface area contributed by atoms with Gasteiger partial charge >= 0.3 is 12.1 Å². The molecule has 3 rings (SSSR count). The van der Waals surface area contributed by atoms with Crippen molar-refractivity contribution < 1.29 is 41.0 Å². The van der Waals surface area contributed by atoms with Crippen molar-refractivity contribution in [3.8, 4) is 0 Å². The number of carbonyl (C=O) groups is 2. The fraction of sp³-hybridized carbons (Fsp3) is 0.333. The Labute approximate surface area is 187 Å². The maximum absolute atomic E-state index is 13.5. The Morgan fingerprint density at radius 1 is 1.16 bits per heavy atom. The lowest BCUT2D eigenvalue weighted by Gasteiger charge is -2.34. The highest BCUT2D eigenvalue weighted by atomic mass is 79.9. The van der Waals surface area contributed by atoms with Crippen LogP contribution in [0.15, 0.2) is 46.9 Å². The van der Waals surface area contributed by atoms with Gasteiger partial charge in [0.25, 0.3) is 0 Å². The summed E-state index contributed by atoms with van der Waals surface area (Å²) >= 11 is 3.27. The Morgan fingerprint density at radius 3 is 2.28 bits per heavy atom. The Balaban J connectivity index is 0.000000235. The van der Waals surface area contributed by atoms with Crippen LogP contribution in [0.1, 0.15) is 36.3 Å². The van der Waals surface area contributed by atoms with Gasteiger partial charge < -0.3 is 10.4 Å². The van der Waals surface area contributed by atoms with Gasteiger partial charge in [0.2, 0.25) is 12.3 Å². The van der Waals surface area contributed by atoms with Crippen LogP contribution in [0.4, 0.5) is 32.0 Å². The summed E-state index contributed by atoms with van der Waals surface area (Å²) in [6, 6.07) is 8.80. The third-order valence-electron chi connectivity index (χ3n) is 4.95. The van der Waals surface area contributed by atoms with Crippen LogP contribution >= 0.6 is 15.9 Å². The highest BCUT2D eigenvalue weighted by Crippen LogP contribution is 2.45. The Bertz CT molecular complexity index is 950. The molecule has 1 unspecified atom stereocenters. The summed E-state index contributed by atoms with van der Waals surface area (Å²) in [6.07, 6.45) is -5.09. The van der Waals surface area contributed by atoms with Crippen molar-refractivity contribution in [1.29, 1.82) is 0 Å². The van der Waals surface area contributed by atoms with E-state index in [9.17, 15) is 35.9 Å². The summed E-state index contributed by atoms with van der Waals surface area (Å²) < 4.78 is 76.7. The number of carbonyl (C=O) groups excluding carboxylic acids is 1. The molecular formula is C21H18BrF6NO3. The van der Waals surface area contributed by atoms with Gasteiger partial charge in [-0.25, -0.2) is 13.2 Å². The number of aliphatic carboxylic acids is 1. The number of rotatable bonds is 4. The molecule has 2 aromatic carbocycles. The van der Waals surface area contributed by atoms with Crippen molar-refractivity contribution in [3.05, 3.63) is 63.9 Å². The lowest BCUT2D eigenvalue weighted by molar-refractivity contribution is -0.147. The van der Waals surface area contributed by atoms with Crippen LogP contribution in [-0.4, -0.2) is 23.4 Å². The number of alkyl halides is 5. The monoisotopic (exact) mass is 525 g/mol. The van der Waals surface area contributed by atoms with Crippen LogP contribution in [-0.2, 0) is 15.8 Å². The van der Waals surface area contributed by atoms with Gasteiger partial charge in [-0.05, 0) is 42.3 Å². The molecule has 2 N–H and O–H groups in total. The van der Waals surface area contributed by atoms with Gasteiger partial charge in [0.1, 0.15) is 5.82 Å². The van der Waals surface area contributed by atoms with E-state index in [2.05, 4.69) is 15.9 Å². The van der Waals surface area contributed by atoms with Gasteiger partial charge in [0.15, 0.2) is 0 Å². The Morgan fingerprint density at radius 2 is 1.78 bits per heavy atom. The van der Waals surface area contributed by atoms with Crippen LogP contribution in [0.3, 0.4) is 0 Å². The summed E-state index contributed by atoms with van der Waals surface area (Å²) in [5, 5.41) is 11.1. The molecule has 1 saturated carbocycles. The van der Waals surface area contributed by atoms with E-state index in [1.165, 1.54) is 0 Å². The van der Waals surface area contributed by atoms with Crippen LogP contribution in [0.5, 0.6) is 0 Å². The highest BCUT2D eigenvalue weighted by Gasteiger charge is 2.44. The first-order valence-corrected chi connectivity index (χ1v) is 10.1. The first kappa shape index (κ1) is 25.7. The third-order valence-corrected chi connectivity index (χ3v) is 5.48. The SMILES string of the molecule is O=C(O)C1CCC(F)(F)C[C@H]1c1ccc(Br)cc1.O=CNc1ccc(C(F)(F)F)cc1F. The number of hydrogen-bond acceptors (Lipinski definition) is 2. The van der Waals surface area contributed by atoms with Crippen LogP contribution in [0.25, 0.3) is 0 Å². The molecule has 1 aliphatic carbocycles. The van der Waals surface area contributed by atoms with E-state index in [0.717, 1.165) is 10.5 Å². The molecule has 1 fully saturated rings. The number of nitrogens with one attached hydrogen (secondary N) is 1. The number of carboxylic acids is 1. The molecule has 0 spiro atoms. The molecule has 0 bridgehead atoms. The zero-order valence-corrected chi connectivity index (χ0v) is 17.9. The second-order valence-electron chi connectivity index (χ2n) is 7.16. The average Bonchev–Trinajstić information content (AvgIpc) is 2.69. The van der Waals surface area contributed by atoms with E-state index < -0.39 is 41.3 Å². The number of anilines is 1. The normalized spacial score (nSPS) is 20.0. The minimum atomic E-state index is -4.58. The zero-order chi connectivity index (χ0) is 24.1. The molecule has 0 aliphatic heterocycles. The van der Waals surface area contributed by atoms with Gasteiger partial charge in [0, 0.05) is 23.2 Å². The number of carboxylic acid groups (broad SMARTS) is 1. The summed E-state index contributed by atoms with van der Waals surface area (Å²) in [4.78, 5) is 21.1. The Hall–Kier alpha value is -2.56. The topological polar surface area (TPSA) is 66.4 Å². The van der Waals surface area contributed by atoms with E-state index in [1.54, 1.807) is 24.3 Å². The predicted octanol–water partition coefficient (Wildman–Crippen LogP) is 6.47. The van der Waals surface area contributed by atoms with Crippen molar-refractivity contribution in [2.45, 2.75) is 37.3 Å². The maximum Gasteiger partial charge on any atom is 0.416 e. The van der Waals surface area contributed by atoms with Crippen molar-refractivity contribution in [2.24, 2.45) is 5.92 Å². The number of amides is 1. The van der Waals surface area contributed by atoms with E-state index in [-0.39, 0.29) is 31.4 Å². The second kappa shape index (κ2) is 10.4. The van der Waals surface area contributed by atoms with Crippen LogP contribution in [0.2, 0.25) is 0 Å². The smallest absolute Gasteiger partial charge is 0.416 e. The summed E-state index contributed by atoms with van der Waals surface area (Å²) in [7, 11) is 0. The first-order chi connectivity index (χ1) is 14.8. The van der Waals surface area contributed by atoms with Crippen molar-refractivity contribution in [2.75, 3.05) is 5.32 Å². The molecule has 2 aromatic rings. The van der Waals surface area contributed by atoms with E-state index in [4.69, 9.17) is 5.11 Å². The fourth-order valence-corrected chi connectivity index (χ4v) is 3.63. The lowest BCUT2D eigenvalue weighted by Crippen LogP contribution is -2.35. The van der Waals surface area contributed by atoms with Gasteiger partial charge in [0.05, 0.1) is 17.2 Å². The standard InChI is InChI=1S/C13H13BrF2O2.C8H5F4NO/c14-9-3-1-8(2-4-9)11-7-13(15,16)6-5-10(11)12(17)18;9-6-3-5(8(10,11)12)1-2-7(6)13-4-14/h1-4,10-11H,5-7H2,(H,17,18);1-4H,(H,13,14)/t10?,11-;/m0./s1. The number of hydrogen-bond donors (Lipinski definition) is 2. The minimum Gasteiger partial charge on any atom is -0.481 e. The molecule has 0 aromatic heterocycles. The molecule has 2 atom stereocenters. The van der Waals surface area contributed by atoms with Gasteiger partial charge in [-0.2, -0.15) is 13.2 Å². The van der Waals surface area contributed by atoms with Crippen molar-refractivity contribution in [3.63, 3.8) is 0 Å². The molecular weight excluding hydrogens is 508 g/mol. The molecule has 174 valence electrons. The van der Waals surface area contributed by atoms with Gasteiger partial charge in [-0.3, -0.25) is 9.59 Å². The summed E-state index contributed by atoms with van der Waals surface area (Å²) in [5.74, 6) is -6.19. The quantitative estimate of drug-likeness (QED) is 0.355. The minimum absolute atomic E-state index is 0.0308. The number of benzene rings is 2. The van der Waals surface area contributed by atoms with Gasteiger partial charge in [-0.15, -0.1) is 0 Å². The molecule has 0 heterocycles. The highest BCUT2D eigenvalue weighted by molar-refractivity contribution is 9.10. The van der Waals surface area contributed by atoms with Gasteiger partial charge in [-0.1, -0.05) is 28.1 Å². The molecule has 0 radical (unpaired) electrons. The van der Waals surface area contributed by atoms with E-state index >= 15 is 0 Å². The third kappa shape index (κ3) is 6.98. The Kier molecular flexibility index (Phi) is 8.33. The molecule has 32 heavy (non-hydrogen) atoms. The summed E-state index contributed by atoms with van der Waals surface area (Å²) in [5.41, 5.74) is -0.704. The fourth-order valence-electron chi connectivity index (χ4n) is 3.36. The molecule has 1 amide bonds. The molecule has 1 aliphatic rings. The summed E-state index contributed by atoms with van der Waals surface area (Å²) in [6.45, 7) is 0. The lowest BCUT2D eigenvalue weighted by atomic mass is 9.74. The second-order valence-corrected chi connectivity index (χ2v) is 8.07. The number of halogens is 7. The van der Waals surface area contributed by atoms with E-state index in [0.29, 0.717) is 17.7 Å². The zero-order valence-electron chi connectivity index (χ0n) is 16.3. The van der Waals surface area contributed by atoms with Crippen molar-refractivity contribution >= 4 is 34.0 Å². The molecule has 11 heteroatoms. The predicted molar refractivity (Wildman–Crippen MR) is 108 cm³/mol. The molecule has 4 nitrogen and oxygen atoms in total. The average molecular weight is 526 g/mol. The van der Waals surface area contributed by atoms with Crippen molar-refractivity contribution in [1.82, 2.24) is 0 Å².